The first-order chi connectivity index (χ1) is 9.47. The van der Waals surface area contributed by atoms with Crippen molar-refractivity contribution in [3.8, 4) is 11.5 Å². The number of carboxylic acids is 1. The van der Waals surface area contributed by atoms with E-state index < -0.39 is 5.97 Å². The van der Waals surface area contributed by atoms with Gasteiger partial charge in [-0.3, -0.25) is 0 Å². The van der Waals surface area contributed by atoms with E-state index >= 15 is 0 Å². The highest BCUT2D eigenvalue weighted by Gasteiger charge is 2.09. The Labute approximate surface area is 122 Å². The highest BCUT2D eigenvalue weighted by atomic mass is 35.5. The van der Waals surface area contributed by atoms with E-state index in [1.807, 2.05) is 24.3 Å². The largest absolute Gasteiger partial charge is 0.478 e. The number of halogens is 1. The van der Waals surface area contributed by atoms with Crippen LogP contribution >= 0.6 is 11.6 Å². The van der Waals surface area contributed by atoms with Crippen LogP contribution in [-0.2, 0) is 0 Å². The normalized spacial score (nSPS) is 10.6. The maximum atomic E-state index is 10.9. The first-order valence-corrected chi connectivity index (χ1v) is 6.66. The first kappa shape index (κ1) is 14.4. The Balaban J connectivity index is 2.17. The third-order valence-corrected chi connectivity index (χ3v) is 3.27. The molecule has 0 radical (unpaired) electrons. The van der Waals surface area contributed by atoms with Crippen molar-refractivity contribution in [1.29, 1.82) is 0 Å². The number of carbonyl (C=O) groups is 1. The van der Waals surface area contributed by atoms with E-state index in [-0.39, 0.29) is 10.6 Å². The lowest BCUT2D eigenvalue weighted by Gasteiger charge is -2.09. The number of carboxylic acid groups (broad SMARTS) is 1. The molecule has 1 N–H and O–H groups in total. The Morgan fingerprint density at radius 2 is 1.70 bits per heavy atom. The molecule has 0 atom stereocenters. The molecule has 2 aromatic carbocycles. The second-order valence-electron chi connectivity index (χ2n) is 4.77. The molecule has 0 unspecified atom stereocenters. The standard InChI is InChI=1S/C16H15ClO3/c1-10(2)11-3-5-12(6-4-11)20-13-7-8-14(16(18)19)15(17)9-13/h3-10H,1-2H3,(H,18,19). The van der Waals surface area contributed by atoms with E-state index in [1.165, 1.54) is 17.7 Å². The van der Waals surface area contributed by atoms with Gasteiger partial charge in [0.25, 0.3) is 0 Å². The number of benzene rings is 2. The fourth-order valence-electron chi connectivity index (χ4n) is 1.79. The molecule has 0 saturated heterocycles. The van der Waals surface area contributed by atoms with Crippen molar-refractivity contribution in [2.75, 3.05) is 0 Å². The molecule has 2 rings (SSSR count). The molecule has 0 heterocycles. The highest BCUT2D eigenvalue weighted by Crippen LogP contribution is 2.27. The van der Waals surface area contributed by atoms with E-state index in [2.05, 4.69) is 13.8 Å². The van der Waals surface area contributed by atoms with Crippen molar-refractivity contribution in [2.45, 2.75) is 19.8 Å². The minimum absolute atomic E-state index is 0.0640. The van der Waals surface area contributed by atoms with Gasteiger partial charge in [-0.25, -0.2) is 4.79 Å². The summed E-state index contributed by atoms with van der Waals surface area (Å²) in [4.78, 5) is 10.9. The molecule has 0 aliphatic heterocycles. The average Bonchev–Trinajstić information content (AvgIpc) is 2.39. The Bertz CT molecular complexity index is 618. The molecule has 0 aliphatic carbocycles. The van der Waals surface area contributed by atoms with Gasteiger partial charge in [-0.2, -0.15) is 0 Å². The number of rotatable bonds is 4. The number of hydrogen-bond acceptors (Lipinski definition) is 2. The van der Waals surface area contributed by atoms with Crippen molar-refractivity contribution >= 4 is 17.6 Å². The molecule has 104 valence electrons. The summed E-state index contributed by atoms with van der Waals surface area (Å²) in [6, 6.07) is 12.3. The lowest BCUT2D eigenvalue weighted by Crippen LogP contribution is -1.97. The lowest BCUT2D eigenvalue weighted by atomic mass is 10.0. The van der Waals surface area contributed by atoms with Gasteiger partial charge in [-0.15, -0.1) is 0 Å². The van der Waals surface area contributed by atoms with Gasteiger partial charge in [0.2, 0.25) is 0 Å². The minimum Gasteiger partial charge on any atom is -0.478 e. The third kappa shape index (κ3) is 3.31. The first-order valence-electron chi connectivity index (χ1n) is 6.28. The predicted octanol–water partition coefficient (Wildman–Crippen LogP) is 4.95. The molecular formula is C16H15ClO3. The molecule has 4 heteroatoms. The molecule has 0 spiro atoms. The van der Waals surface area contributed by atoms with Gasteiger partial charge in [0.05, 0.1) is 10.6 Å². The fourth-order valence-corrected chi connectivity index (χ4v) is 2.04. The van der Waals surface area contributed by atoms with Crippen LogP contribution in [0.5, 0.6) is 11.5 Å². The maximum absolute atomic E-state index is 10.9. The summed E-state index contributed by atoms with van der Waals surface area (Å²) in [6.45, 7) is 4.25. The van der Waals surface area contributed by atoms with Gasteiger partial charge in [-0.05, 0) is 35.7 Å². The van der Waals surface area contributed by atoms with Crippen LogP contribution in [-0.4, -0.2) is 11.1 Å². The van der Waals surface area contributed by atoms with Crippen LogP contribution in [0.2, 0.25) is 5.02 Å². The second-order valence-corrected chi connectivity index (χ2v) is 5.18. The van der Waals surface area contributed by atoms with Crippen LogP contribution in [0.3, 0.4) is 0 Å². The zero-order valence-corrected chi connectivity index (χ0v) is 12.0. The van der Waals surface area contributed by atoms with Crippen LogP contribution in [0.1, 0.15) is 35.7 Å². The molecule has 0 bridgehead atoms. The molecule has 2 aromatic rings. The van der Waals surface area contributed by atoms with E-state index in [4.69, 9.17) is 21.4 Å². The van der Waals surface area contributed by atoms with Crippen LogP contribution < -0.4 is 4.74 Å². The molecule has 0 fully saturated rings. The van der Waals surface area contributed by atoms with E-state index in [0.717, 1.165) is 0 Å². The summed E-state index contributed by atoms with van der Waals surface area (Å²) >= 11 is 5.90. The van der Waals surface area contributed by atoms with Crippen LogP contribution in [0.25, 0.3) is 0 Å². The monoisotopic (exact) mass is 290 g/mol. The number of ether oxygens (including phenoxy) is 1. The Hall–Kier alpha value is -2.00. The van der Waals surface area contributed by atoms with Crippen molar-refractivity contribution in [3.05, 3.63) is 58.6 Å². The SMILES string of the molecule is CC(C)c1ccc(Oc2ccc(C(=O)O)c(Cl)c2)cc1. The Morgan fingerprint density at radius 1 is 1.10 bits per heavy atom. The maximum Gasteiger partial charge on any atom is 0.337 e. The van der Waals surface area contributed by atoms with Crippen LogP contribution in [0.15, 0.2) is 42.5 Å². The van der Waals surface area contributed by atoms with Gasteiger partial charge < -0.3 is 9.84 Å². The van der Waals surface area contributed by atoms with Gasteiger partial charge in [-0.1, -0.05) is 37.6 Å². The van der Waals surface area contributed by atoms with Crippen LogP contribution in [0.4, 0.5) is 0 Å². The van der Waals surface area contributed by atoms with Gasteiger partial charge in [0.15, 0.2) is 0 Å². The highest BCUT2D eigenvalue weighted by molar-refractivity contribution is 6.33. The number of aromatic carboxylic acids is 1. The van der Waals surface area contributed by atoms with Crippen molar-refractivity contribution < 1.29 is 14.6 Å². The van der Waals surface area contributed by atoms with Gasteiger partial charge >= 0.3 is 5.97 Å². The number of hydrogen-bond donors (Lipinski definition) is 1. The molecule has 0 amide bonds. The van der Waals surface area contributed by atoms with Crippen molar-refractivity contribution in [2.24, 2.45) is 0 Å². The van der Waals surface area contributed by atoms with Gasteiger partial charge in [0.1, 0.15) is 11.5 Å². The van der Waals surface area contributed by atoms with E-state index in [0.29, 0.717) is 17.4 Å². The summed E-state index contributed by atoms with van der Waals surface area (Å²) in [5.74, 6) is 0.613. The summed E-state index contributed by atoms with van der Waals surface area (Å²) in [6.07, 6.45) is 0. The van der Waals surface area contributed by atoms with Gasteiger partial charge in [0, 0.05) is 6.07 Å². The molecule has 0 saturated carbocycles. The van der Waals surface area contributed by atoms with E-state index in [1.54, 1.807) is 6.07 Å². The minimum atomic E-state index is -1.05. The Kier molecular flexibility index (Phi) is 4.30. The zero-order valence-electron chi connectivity index (χ0n) is 11.3. The van der Waals surface area contributed by atoms with Crippen molar-refractivity contribution in [1.82, 2.24) is 0 Å². The average molecular weight is 291 g/mol. The Morgan fingerprint density at radius 3 is 2.20 bits per heavy atom. The summed E-state index contributed by atoms with van der Waals surface area (Å²) in [7, 11) is 0. The third-order valence-electron chi connectivity index (χ3n) is 2.95. The summed E-state index contributed by atoms with van der Waals surface area (Å²) in [5.41, 5.74) is 1.30. The van der Waals surface area contributed by atoms with Crippen molar-refractivity contribution in [3.63, 3.8) is 0 Å². The second kappa shape index (κ2) is 5.97. The molecule has 20 heavy (non-hydrogen) atoms. The zero-order chi connectivity index (χ0) is 14.7. The summed E-state index contributed by atoms with van der Waals surface area (Å²) < 4.78 is 5.65. The van der Waals surface area contributed by atoms with Crippen LogP contribution in [0, 0.1) is 0 Å². The fraction of sp³-hybridized carbons (Fsp3) is 0.188. The topological polar surface area (TPSA) is 46.5 Å². The molecule has 0 aromatic heterocycles. The van der Waals surface area contributed by atoms with E-state index in [9.17, 15) is 4.79 Å². The predicted molar refractivity (Wildman–Crippen MR) is 79.0 cm³/mol. The molecule has 0 aliphatic rings. The smallest absolute Gasteiger partial charge is 0.337 e. The molecular weight excluding hydrogens is 276 g/mol. The quantitative estimate of drug-likeness (QED) is 0.866. The molecule has 3 nitrogen and oxygen atoms in total. The summed E-state index contributed by atoms with van der Waals surface area (Å²) in [5, 5.41) is 9.06. The lowest BCUT2D eigenvalue weighted by molar-refractivity contribution is 0.0697.